The maximum absolute atomic E-state index is 5.86. The second-order valence-electron chi connectivity index (χ2n) is 6.24. The van der Waals surface area contributed by atoms with Gasteiger partial charge in [0.1, 0.15) is 0 Å². The standard InChI is InChI=1S/C21H20N6O2/c1-28-16-10-6-9-14(18(16)29-2)15-12-24-20-17(25-15)19(26-21(22)27-20)23-11-13-7-4-3-5-8-13/h3-10,12H,11H2,1-2H3,(H3,22,23,24,26,27). The Morgan fingerprint density at radius 3 is 2.52 bits per heavy atom. The van der Waals surface area contributed by atoms with Crippen molar-refractivity contribution in [3.8, 4) is 22.8 Å². The van der Waals surface area contributed by atoms with Crippen molar-refractivity contribution < 1.29 is 9.47 Å². The number of ether oxygens (including phenoxy) is 2. The Balaban J connectivity index is 1.78. The average Bonchev–Trinajstić information content (AvgIpc) is 2.77. The van der Waals surface area contributed by atoms with Crippen LogP contribution in [0.25, 0.3) is 22.4 Å². The summed E-state index contributed by atoms with van der Waals surface area (Å²) in [4.78, 5) is 17.7. The third-order valence-electron chi connectivity index (χ3n) is 4.41. The molecule has 0 saturated carbocycles. The molecule has 0 atom stereocenters. The molecule has 0 bridgehead atoms. The molecule has 2 heterocycles. The van der Waals surface area contributed by atoms with Gasteiger partial charge in [0.2, 0.25) is 5.95 Å². The number of nitrogens with one attached hydrogen (secondary N) is 1. The van der Waals surface area contributed by atoms with Crippen LogP contribution < -0.4 is 20.5 Å². The molecule has 2 aromatic carbocycles. The summed E-state index contributed by atoms with van der Waals surface area (Å²) in [5.74, 6) is 1.85. The van der Waals surface area contributed by atoms with Crippen LogP contribution in [0.1, 0.15) is 5.56 Å². The van der Waals surface area contributed by atoms with Crippen molar-refractivity contribution >= 4 is 22.9 Å². The number of benzene rings is 2. The zero-order valence-electron chi connectivity index (χ0n) is 16.1. The summed E-state index contributed by atoms with van der Waals surface area (Å²) in [6.45, 7) is 0.570. The molecule has 0 aliphatic rings. The van der Waals surface area contributed by atoms with Crippen LogP contribution in [0.2, 0.25) is 0 Å². The molecule has 0 amide bonds. The van der Waals surface area contributed by atoms with Crippen molar-refractivity contribution in [1.29, 1.82) is 0 Å². The number of nitrogen functional groups attached to an aromatic ring is 1. The van der Waals surface area contributed by atoms with Crippen molar-refractivity contribution in [2.24, 2.45) is 0 Å². The quantitative estimate of drug-likeness (QED) is 0.518. The summed E-state index contributed by atoms with van der Waals surface area (Å²) in [6, 6.07) is 15.6. The number of fused-ring (bicyclic) bond motifs is 1. The summed E-state index contributed by atoms with van der Waals surface area (Å²) in [5.41, 5.74) is 9.28. The molecule has 8 heteroatoms. The lowest BCUT2D eigenvalue weighted by molar-refractivity contribution is 0.356. The molecule has 3 N–H and O–H groups in total. The fourth-order valence-corrected chi connectivity index (χ4v) is 3.05. The van der Waals surface area contributed by atoms with Gasteiger partial charge in [-0.2, -0.15) is 9.97 Å². The largest absolute Gasteiger partial charge is 0.493 e. The molecule has 0 aliphatic heterocycles. The Kier molecular flexibility index (Phi) is 5.07. The first-order valence-electron chi connectivity index (χ1n) is 8.99. The highest BCUT2D eigenvalue weighted by molar-refractivity contribution is 5.86. The van der Waals surface area contributed by atoms with Gasteiger partial charge in [0.05, 0.1) is 26.1 Å². The van der Waals surface area contributed by atoms with Gasteiger partial charge in [-0.25, -0.2) is 9.97 Å². The number of hydrogen-bond donors (Lipinski definition) is 2. The average molecular weight is 388 g/mol. The number of para-hydroxylation sites is 1. The van der Waals surface area contributed by atoms with Gasteiger partial charge in [-0.3, -0.25) is 0 Å². The lowest BCUT2D eigenvalue weighted by Crippen LogP contribution is -2.07. The molecule has 29 heavy (non-hydrogen) atoms. The topological polar surface area (TPSA) is 108 Å². The van der Waals surface area contributed by atoms with Crippen molar-refractivity contribution in [2.45, 2.75) is 6.54 Å². The number of nitrogens with two attached hydrogens (primary N) is 1. The Morgan fingerprint density at radius 2 is 1.76 bits per heavy atom. The van der Waals surface area contributed by atoms with E-state index in [2.05, 4.69) is 20.3 Å². The molecule has 0 unspecified atom stereocenters. The molecular weight excluding hydrogens is 368 g/mol. The molecule has 146 valence electrons. The predicted molar refractivity (Wildman–Crippen MR) is 112 cm³/mol. The zero-order valence-corrected chi connectivity index (χ0v) is 16.1. The van der Waals surface area contributed by atoms with Gasteiger partial charge in [-0.15, -0.1) is 0 Å². The van der Waals surface area contributed by atoms with Crippen LogP contribution in [0.5, 0.6) is 11.5 Å². The first kappa shape index (κ1) is 18.4. The van der Waals surface area contributed by atoms with Gasteiger partial charge >= 0.3 is 0 Å². The summed E-state index contributed by atoms with van der Waals surface area (Å²) < 4.78 is 10.9. The molecule has 4 rings (SSSR count). The van der Waals surface area contributed by atoms with E-state index in [4.69, 9.17) is 20.2 Å². The van der Waals surface area contributed by atoms with Crippen LogP contribution in [0.4, 0.5) is 11.8 Å². The van der Waals surface area contributed by atoms with Crippen molar-refractivity contribution in [1.82, 2.24) is 19.9 Å². The summed E-state index contributed by atoms with van der Waals surface area (Å²) in [5, 5.41) is 3.29. The smallest absolute Gasteiger partial charge is 0.224 e. The molecular formula is C21H20N6O2. The number of nitrogens with zero attached hydrogens (tertiary/aromatic N) is 4. The minimum atomic E-state index is 0.133. The van der Waals surface area contributed by atoms with Crippen LogP contribution in [0, 0.1) is 0 Å². The number of rotatable bonds is 6. The first-order valence-corrected chi connectivity index (χ1v) is 8.99. The highest BCUT2D eigenvalue weighted by Crippen LogP contribution is 2.37. The Morgan fingerprint density at radius 1 is 0.931 bits per heavy atom. The number of hydrogen-bond acceptors (Lipinski definition) is 8. The SMILES string of the molecule is COc1cccc(-c2cnc3nc(N)nc(NCc4ccccc4)c3n2)c1OC. The zero-order chi connectivity index (χ0) is 20.2. The van der Waals surface area contributed by atoms with E-state index in [0.717, 1.165) is 11.1 Å². The van der Waals surface area contributed by atoms with Gasteiger partial charge in [0.15, 0.2) is 28.5 Å². The van der Waals surface area contributed by atoms with E-state index in [0.29, 0.717) is 40.7 Å². The van der Waals surface area contributed by atoms with Gasteiger partial charge in [-0.05, 0) is 17.7 Å². The van der Waals surface area contributed by atoms with E-state index in [1.165, 1.54) is 0 Å². The molecule has 0 fully saturated rings. The van der Waals surface area contributed by atoms with Crippen LogP contribution in [0.15, 0.2) is 54.7 Å². The first-order chi connectivity index (χ1) is 14.2. The second-order valence-corrected chi connectivity index (χ2v) is 6.24. The maximum Gasteiger partial charge on any atom is 0.224 e. The Hall–Kier alpha value is -3.94. The molecule has 0 radical (unpaired) electrons. The third-order valence-corrected chi connectivity index (χ3v) is 4.41. The lowest BCUT2D eigenvalue weighted by Gasteiger charge is -2.13. The number of anilines is 2. The molecule has 4 aromatic rings. The van der Waals surface area contributed by atoms with Crippen LogP contribution in [-0.2, 0) is 6.54 Å². The van der Waals surface area contributed by atoms with E-state index >= 15 is 0 Å². The minimum Gasteiger partial charge on any atom is -0.493 e. The van der Waals surface area contributed by atoms with Crippen molar-refractivity contribution in [3.05, 3.63) is 60.3 Å². The summed E-state index contributed by atoms with van der Waals surface area (Å²) in [6.07, 6.45) is 1.63. The van der Waals surface area contributed by atoms with Gasteiger partial charge < -0.3 is 20.5 Å². The van der Waals surface area contributed by atoms with E-state index in [-0.39, 0.29) is 5.95 Å². The van der Waals surface area contributed by atoms with Gasteiger partial charge in [0, 0.05) is 12.1 Å². The third kappa shape index (κ3) is 3.73. The molecule has 2 aromatic heterocycles. The highest BCUT2D eigenvalue weighted by atomic mass is 16.5. The Bertz CT molecular complexity index is 1150. The van der Waals surface area contributed by atoms with Crippen LogP contribution in [0.3, 0.4) is 0 Å². The summed E-state index contributed by atoms with van der Waals surface area (Å²) in [7, 11) is 3.18. The molecule has 0 spiro atoms. The normalized spacial score (nSPS) is 10.7. The fraction of sp³-hybridized carbons (Fsp3) is 0.143. The van der Waals surface area contributed by atoms with E-state index in [9.17, 15) is 0 Å². The van der Waals surface area contributed by atoms with E-state index in [1.807, 2.05) is 48.5 Å². The van der Waals surface area contributed by atoms with Gasteiger partial charge in [-0.1, -0.05) is 36.4 Å². The van der Waals surface area contributed by atoms with Crippen LogP contribution >= 0.6 is 0 Å². The van der Waals surface area contributed by atoms with E-state index in [1.54, 1.807) is 20.4 Å². The fourth-order valence-electron chi connectivity index (χ4n) is 3.05. The van der Waals surface area contributed by atoms with Gasteiger partial charge in [0.25, 0.3) is 0 Å². The highest BCUT2D eigenvalue weighted by Gasteiger charge is 2.16. The Labute approximate surface area is 167 Å². The monoisotopic (exact) mass is 388 g/mol. The van der Waals surface area contributed by atoms with Crippen molar-refractivity contribution in [3.63, 3.8) is 0 Å². The van der Waals surface area contributed by atoms with Crippen molar-refractivity contribution in [2.75, 3.05) is 25.3 Å². The van der Waals surface area contributed by atoms with Crippen LogP contribution in [-0.4, -0.2) is 34.2 Å². The molecule has 0 aliphatic carbocycles. The number of aromatic nitrogens is 4. The summed E-state index contributed by atoms with van der Waals surface area (Å²) >= 11 is 0. The predicted octanol–water partition coefficient (Wildman–Crippen LogP) is 3.30. The van der Waals surface area contributed by atoms with E-state index < -0.39 is 0 Å². The number of methoxy groups -OCH3 is 2. The second kappa shape index (κ2) is 7.97. The lowest BCUT2D eigenvalue weighted by atomic mass is 10.1. The molecule has 8 nitrogen and oxygen atoms in total. The molecule has 0 saturated heterocycles. The maximum atomic E-state index is 5.86. The minimum absolute atomic E-state index is 0.133.